The fourth-order valence-electron chi connectivity index (χ4n) is 16.2. The molecule has 0 unspecified atom stereocenters. The SMILES string of the molecule is C[Si]C.Cc1cc2c(-c3ccc(C(C)(C)C)cc3)c3c(cc2[cH-]1)CCC3.Cc1cc2c(-c3ccc(C(C)(C)C)cc3)c3c(cc2[cH-]1)CCC3.Cc1cc2c(-c3ccc(C(C)(C)C)cc3)c3c(cc2[cH-]1)CCC3.Cc1cc2c(-c3ccc(C(C)(C)C)cc3)c3c(cc2[cH-]1)CCC3.[Cl][Zr+2][Cl].[Cl][Zr+2][Cl]. The molecule has 0 heterocycles. The van der Waals surface area contributed by atoms with Crippen LogP contribution in [0.2, 0.25) is 13.1 Å². The van der Waals surface area contributed by atoms with E-state index in [1.54, 1.807) is 44.5 Å². The molecule has 0 saturated carbocycles. The normalized spacial score (nSPS) is 13.5. The average Bonchev–Trinajstić information content (AvgIpc) is 1.67. The van der Waals surface area contributed by atoms with Crippen LogP contribution in [0.4, 0.5) is 0 Å². The van der Waals surface area contributed by atoms with Gasteiger partial charge in [0, 0.05) is 9.52 Å². The Kier molecular flexibility index (Phi) is 26.4. The Balaban J connectivity index is 0.000000139. The summed E-state index contributed by atoms with van der Waals surface area (Å²) in [7, 11) is 20.8. The van der Waals surface area contributed by atoms with Gasteiger partial charge in [0.1, 0.15) is 0 Å². The van der Waals surface area contributed by atoms with Crippen LogP contribution in [-0.2, 0) is 115 Å². The standard InChI is InChI=1S/4C23H25.C2H6Si.4ClH.2Zr/c4*1-15-12-18-14-17-6-5-7-20(17)22(21(18)13-15)16-8-10-19(11-9-16)23(2,3)4;1-3-2;;;;;;/h4*8-14H,5-7H2,1-4H3;1-2H3;4*1H;;/q4*-1;;;;;;2*+4/p-4. The van der Waals surface area contributed by atoms with Crippen molar-refractivity contribution >= 4 is 86.7 Å². The van der Waals surface area contributed by atoms with Gasteiger partial charge in [-0.3, -0.25) is 0 Å². The summed E-state index contributed by atoms with van der Waals surface area (Å²) in [5.74, 6) is 0. The Morgan fingerprint density at radius 3 is 0.614 bits per heavy atom. The van der Waals surface area contributed by atoms with Crippen LogP contribution in [0.15, 0.2) is 170 Å². The van der Waals surface area contributed by atoms with Gasteiger partial charge in [0.2, 0.25) is 0 Å². The van der Waals surface area contributed by atoms with Crippen molar-refractivity contribution in [3.63, 3.8) is 0 Å². The van der Waals surface area contributed by atoms with E-state index in [9.17, 15) is 0 Å². The van der Waals surface area contributed by atoms with E-state index in [0.29, 0.717) is 0 Å². The van der Waals surface area contributed by atoms with Crippen molar-refractivity contribution < 1.29 is 41.7 Å². The number of aryl methyl sites for hydroxylation is 8. The molecule has 12 aromatic rings. The van der Waals surface area contributed by atoms with Crippen molar-refractivity contribution in [2.24, 2.45) is 0 Å². The molecule has 0 atom stereocenters. The zero-order chi connectivity index (χ0) is 72.9. The maximum atomic E-state index is 4.93. The van der Waals surface area contributed by atoms with Gasteiger partial charge in [-0.15, -0.1) is 114 Å². The summed E-state index contributed by atoms with van der Waals surface area (Å²) in [4.78, 5) is 0. The quantitative estimate of drug-likeness (QED) is 0.122. The molecule has 0 spiro atoms. The number of fused-ring (bicyclic) bond motifs is 8. The molecule has 0 bridgehead atoms. The van der Waals surface area contributed by atoms with Gasteiger partial charge >= 0.3 is 75.7 Å². The maximum absolute atomic E-state index is 4.93. The number of hydrogen-bond acceptors (Lipinski definition) is 0. The van der Waals surface area contributed by atoms with Crippen molar-refractivity contribution in [1.29, 1.82) is 0 Å². The molecule has 0 N–H and O–H groups in total. The van der Waals surface area contributed by atoms with Gasteiger partial charge in [0.15, 0.2) is 0 Å². The van der Waals surface area contributed by atoms with Crippen LogP contribution >= 0.6 is 34.1 Å². The van der Waals surface area contributed by atoms with Crippen molar-refractivity contribution in [3.8, 4) is 44.5 Å². The first-order chi connectivity index (χ1) is 48.0. The predicted octanol–water partition coefficient (Wildman–Crippen LogP) is 28.8. The van der Waals surface area contributed by atoms with Crippen LogP contribution in [0.5, 0.6) is 0 Å². The Morgan fingerprint density at radius 2 is 0.455 bits per heavy atom. The minimum atomic E-state index is -0.826. The molecule has 101 heavy (non-hydrogen) atoms. The second kappa shape index (κ2) is 33.8. The van der Waals surface area contributed by atoms with Crippen molar-refractivity contribution in [2.45, 2.75) is 223 Å². The molecule has 16 rings (SSSR count). The first kappa shape index (κ1) is 78.9. The van der Waals surface area contributed by atoms with Crippen LogP contribution in [-0.4, -0.2) is 9.52 Å². The molecular weight excluding hydrogens is 1480 g/mol. The van der Waals surface area contributed by atoms with Crippen LogP contribution < -0.4 is 0 Å². The molecule has 12 aromatic carbocycles. The number of rotatable bonds is 4. The molecule has 0 aromatic heterocycles. The van der Waals surface area contributed by atoms with E-state index in [1.807, 2.05) is 0 Å². The van der Waals surface area contributed by atoms with Crippen molar-refractivity contribution in [3.05, 3.63) is 259 Å². The number of benzene rings is 8. The van der Waals surface area contributed by atoms with Gasteiger partial charge in [-0.2, -0.15) is 24.3 Å². The summed E-state index contributed by atoms with van der Waals surface area (Å²) in [6.45, 7) is 40.5. The van der Waals surface area contributed by atoms with E-state index in [-0.39, 0.29) is 21.7 Å². The first-order valence-corrected chi connectivity index (χ1v) is 51.5. The zero-order valence-electron chi connectivity index (χ0n) is 63.7. The molecule has 0 saturated heterocycles. The van der Waals surface area contributed by atoms with Crippen LogP contribution in [0.1, 0.15) is 198 Å². The first-order valence-electron chi connectivity index (χ1n) is 36.8. The third-order valence-corrected chi connectivity index (χ3v) is 21.1. The van der Waals surface area contributed by atoms with Gasteiger partial charge in [0.25, 0.3) is 0 Å². The van der Waals surface area contributed by atoms with E-state index < -0.39 is 41.7 Å². The Labute approximate surface area is 647 Å². The molecule has 0 fully saturated rings. The third kappa shape index (κ3) is 18.6. The molecule has 2 radical (unpaired) electrons. The van der Waals surface area contributed by atoms with Gasteiger partial charge < -0.3 is 0 Å². The van der Waals surface area contributed by atoms with Gasteiger partial charge in [-0.25, -0.2) is 0 Å². The molecule has 0 amide bonds. The summed E-state index contributed by atoms with van der Waals surface area (Å²) in [5, 5.41) is 11.4. The Hall–Kier alpha value is -4.66. The Bertz CT molecular complexity index is 4170. The van der Waals surface area contributed by atoms with Gasteiger partial charge in [-0.05, 0) is 143 Å². The Morgan fingerprint density at radius 1 is 0.287 bits per heavy atom. The molecule has 0 aliphatic heterocycles. The van der Waals surface area contributed by atoms with Gasteiger partial charge in [-0.1, -0.05) is 288 Å². The summed E-state index contributed by atoms with van der Waals surface area (Å²) in [6, 6.07) is 65.6. The van der Waals surface area contributed by atoms with Crippen molar-refractivity contribution in [1.82, 2.24) is 0 Å². The average molecular weight is 1590 g/mol. The summed E-state index contributed by atoms with van der Waals surface area (Å²) < 4.78 is 0. The van der Waals surface area contributed by atoms with Crippen LogP contribution in [0.25, 0.3) is 87.6 Å². The monoisotopic (exact) mass is 1580 g/mol. The predicted molar refractivity (Wildman–Crippen MR) is 443 cm³/mol. The zero-order valence-corrected chi connectivity index (χ0v) is 72.6. The fraction of sp³-hybridized carbons (Fsp3) is 0.362. The van der Waals surface area contributed by atoms with E-state index in [0.717, 1.165) is 9.52 Å². The number of hydrogen-bond donors (Lipinski definition) is 0. The van der Waals surface area contributed by atoms with E-state index in [2.05, 4.69) is 294 Å². The van der Waals surface area contributed by atoms with Crippen molar-refractivity contribution in [2.75, 3.05) is 0 Å². The molecule has 7 heteroatoms. The van der Waals surface area contributed by atoms with Crippen LogP contribution in [0, 0.1) is 27.7 Å². The molecule has 522 valence electrons. The molecular formula is C94H106Cl4SiZr2. The van der Waals surface area contributed by atoms with Gasteiger partial charge in [0.05, 0.1) is 0 Å². The fourth-order valence-corrected chi connectivity index (χ4v) is 16.2. The summed E-state index contributed by atoms with van der Waals surface area (Å²) in [6.07, 6.45) is 15.1. The second-order valence-corrected chi connectivity index (χ2v) is 41.5. The van der Waals surface area contributed by atoms with Crippen LogP contribution in [0.3, 0.4) is 0 Å². The topological polar surface area (TPSA) is 0 Å². The number of halogens is 4. The van der Waals surface area contributed by atoms with E-state index in [4.69, 9.17) is 34.1 Å². The summed E-state index contributed by atoms with van der Waals surface area (Å²) >= 11 is -1.65. The molecule has 4 aliphatic rings. The summed E-state index contributed by atoms with van der Waals surface area (Å²) in [5.41, 5.74) is 36.1. The van der Waals surface area contributed by atoms with E-state index in [1.165, 1.54) is 209 Å². The molecule has 4 aliphatic carbocycles. The molecule has 0 nitrogen and oxygen atoms in total. The van der Waals surface area contributed by atoms with E-state index >= 15 is 0 Å². The second-order valence-electron chi connectivity index (χ2n) is 33.1. The third-order valence-electron chi connectivity index (χ3n) is 21.1. The minimum absolute atomic E-state index is 0.212.